The molecule has 11 heavy (non-hydrogen) atoms. The van der Waals surface area contributed by atoms with Crippen LogP contribution in [0.25, 0.3) is 0 Å². The molecule has 1 atom stereocenters. The highest BCUT2D eigenvalue weighted by Crippen LogP contribution is 2.20. The van der Waals surface area contributed by atoms with Gasteiger partial charge in [-0.3, -0.25) is 4.79 Å². The van der Waals surface area contributed by atoms with E-state index in [2.05, 4.69) is 4.74 Å². The highest BCUT2D eigenvalue weighted by atomic mass is 16.6. The summed E-state index contributed by atoms with van der Waals surface area (Å²) in [6.07, 6.45) is 0.725. The van der Waals surface area contributed by atoms with Crippen LogP contribution in [0.4, 0.5) is 0 Å². The smallest absolute Gasteiger partial charge is 0.345 e. The second-order valence-corrected chi connectivity index (χ2v) is 2.66. The first kappa shape index (κ1) is 8.20. The molecule has 0 aromatic heterocycles. The van der Waals surface area contributed by atoms with E-state index in [0.29, 0.717) is 13.0 Å². The van der Waals surface area contributed by atoms with E-state index in [0.717, 1.165) is 0 Å². The summed E-state index contributed by atoms with van der Waals surface area (Å²) in [4.78, 5) is 21.6. The zero-order chi connectivity index (χ0) is 8.48. The molecule has 0 saturated carbocycles. The molecule has 1 fully saturated rings. The van der Waals surface area contributed by atoms with Gasteiger partial charge < -0.3 is 9.84 Å². The average Bonchev–Trinajstić information content (AvgIpc) is 1.95. The van der Waals surface area contributed by atoms with Crippen molar-refractivity contribution in [2.75, 3.05) is 6.61 Å². The quantitative estimate of drug-likeness (QED) is 0.418. The molecule has 1 unspecified atom stereocenters. The van der Waals surface area contributed by atoms with Crippen molar-refractivity contribution in [3.05, 3.63) is 0 Å². The highest BCUT2D eigenvalue weighted by Gasteiger charge is 2.44. The van der Waals surface area contributed by atoms with Gasteiger partial charge in [-0.05, 0) is 19.8 Å². The molecule has 62 valence electrons. The topological polar surface area (TPSA) is 63.6 Å². The number of Topliss-reactive ketones (excluding diaryl/α,β-unsaturated/α-hetero) is 1. The number of esters is 1. The van der Waals surface area contributed by atoms with E-state index in [1.54, 1.807) is 0 Å². The Morgan fingerprint density at radius 2 is 2.36 bits per heavy atom. The molecule has 1 saturated heterocycles. The van der Waals surface area contributed by atoms with Crippen LogP contribution in [0.3, 0.4) is 0 Å². The number of hydrogen-bond acceptors (Lipinski definition) is 4. The average molecular weight is 158 g/mol. The Morgan fingerprint density at radius 3 is 2.73 bits per heavy atom. The van der Waals surface area contributed by atoms with Crippen molar-refractivity contribution in [2.45, 2.75) is 25.4 Å². The third kappa shape index (κ3) is 1.26. The van der Waals surface area contributed by atoms with Gasteiger partial charge in [0.1, 0.15) is 0 Å². The maximum Gasteiger partial charge on any atom is 0.345 e. The zero-order valence-electron chi connectivity index (χ0n) is 6.29. The van der Waals surface area contributed by atoms with Gasteiger partial charge in [-0.15, -0.1) is 0 Å². The summed E-state index contributed by atoms with van der Waals surface area (Å²) in [5.41, 5.74) is -1.86. The Bertz CT molecular complexity index is 199. The van der Waals surface area contributed by atoms with Crippen LogP contribution in [-0.4, -0.2) is 29.1 Å². The number of cyclic esters (lactones) is 1. The number of rotatable bonds is 1. The van der Waals surface area contributed by atoms with Gasteiger partial charge in [0.25, 0.3) is 0 Å². The molecule has 0 aromatic carbocycles. The monoisotopic (exact) mass is 158 g/mol. The lowest BCUT2D eigenvalue weighted by molar-refractivity contribution is -0.176. The lowest BCUT2D eigenvalue weighted by atomic mass is 9.92. The van der Waals surface area contributed by atoms with E-state index in [1.807, 2.05) is 0 Å². The minimum Gasteiger partial charge on any atom is -0.463 e. The second kappa shape index (κ2) is 2.62. The fourth-order valence-electron chi connectivity index (χ4n) is 1.03. The van der Waals surface area contributed by atoms with Gasteiger partial charge >= 0.3 is 5.97 Å². The largest absolute Gasteiger partial charge is 0.463 e. The summed E-state index contributed by atoms with van der Waals surface area (Å²) in [6.45, 7) is 1.49. The standard InChI is InChI=1S/C7H10O4/c1-5(8)7(10)3-2-4-11-6(7)9/h10H,2-4H2,1H3. The van der Waals surface area contributed by atoms with Crippen molar-refractivity contribution in [3.63, 3.8) is 0 Å². The van der Waals surface area contributed by atoms with Crippen LogP contribution >= 0.6 is 0 Å². The number of carbonyl (C=O) groups is 2. The summed E-state index contributed by atoms with van der Waals surface area (Å²) in [7, 11) is 0. The first-order chi connectivity index (χ1) is 5.07. The number of aliphatic hydroxyl groups is 1. The summed E-state index contributed by atoms with van der Waals surface area (Å²) in [6, 6.07) is 0. The molecule has 1 aliphatic heterocycles. The maximum atomic E-state index is 10.9. The van der Waals surface area contributed by atoms with E-state index in [9.17, 15) is 14.7 Å². The molecule has 0 aromatic rings. The van der Waals surface area contributed by atoms with E-state index in [1.165, 1.54) is 6.92 Å². The van der Waals surface area contributed by atoms with E-state index < -0.39 is 17.4 Å². The SMILES string of the molecule is CC(=O)C1(O)CCCOC1=O. The minimum absolute atomic E-state index is 0.182. The molecule has 4 heteroatoms. The Labute approximate surface area is 64.2 Å². The van der Waals surface area contributed by atoms with Crippen molar-refractivity contribution in [2.24, 2.45) is 0 Å². The van der Waals surface area contributed by atoms with Gasteiger partial charge in [0.05, 0.1) is 6.61 Å². The fourth-order valence-corrected chi connectivity index (χ4v) is 1.03. The second-order valence-electron chi connectivity index (χ2n) is 2.66. The fraction of sp³-hybridized carbons (Fsp3) is 0.714. The highest BCUT2D eigenvalue weighted by molar-refractivity contribution is 6.06. The van der Waals surface area contributed by atoms with Crippen molar-refractivity contribution >= 4 is 11.8 Å². The van der Waals surface area contributed by atoms with Crippen LogP contribution in [-0.2, 0) is 14.3 Å². The van der Waals surface area contributed by atoms with Gasteiger partial charge in [0.15, 0.2) is 5.78 Å². The Kier molecular flexibility index (Phi) is 1.95. The Hall–Kier alpha value is -0.900. The van der Waals surface area contributed by atoms with Crippen LogP contribution in [0, 0.1) is 0 Å². The molecule has 0 bridgehead atoms. The first-order valence-corrected chi connectivity index (χ1v) is 3.48. The van der Waals surface area contributed by atoms with Gasteiger partial charge in [-0.1, -0.05) is 0 Å². The van der Waals surface area contributed by atoms with Crippen molar-refractivity contribution in [1.29, 1.82) is 0 Å². The van der Waals surface area contributed by atoms with Crippen LogP contribution in [0.2, 0.25) is 0 Å². The van der Waals surface area contributed by atoms with Gasteiger partial charge in [0.2, 0.25) is 5.60 Å². The number of carbonyl (C=O) groups excluding carboxylic acids is 2. The third-order valence-corrected chi connectivity index (χ3v) is 1.84. The molecule has 1 aliphatic rings. The molecule has 1 rings (SSSR count). The van der Waals surface area contributed by atoms with Gasteiger partial charge in [-0.25, -0.2) is 4.79 Å². The Balaban J connectivity index is 2.81. The Morgan fingerprint density at radius 1 is 1.73 bits per heavy atom. The number of ketones is 1. The lowest BCUT2D eigenvalue weighted by Crippen LogP contribution is -2.49. The van der Waals surface area contributed by atoms with Crippen LogP contribution in [0.15, 0.2) is 0 Å². The van der Waals surface area contributed by atoms with E-state index in [-0.39, 0.29) is 6.42 Å². The van der Waals surface area contributed by atoms with E-state index >= 15 is 0 Å². The van der Waals surface area contributed by atoms with Crippen LogP contribution in [0.5, 0.6) is 0 Å². The van der Waals surface area contributed by atoms with Crippen molar-refractivity contribution in [1.82, 2.24) is 0 Å². The molecular weight excluding hydrogens is 148 g/mol. The molecule has 0 aliphatic carbocycles. The summed E-state index contributed by atoms with van der Waals surface area (Å²) >= 11 is 0. The van der Waals surface area contributed by atoms with E-state index in [4.69, 9.17) is 0 Å². The summed E-state index contributed by atoms with van der Waals surface area (Å²) in [5.74, 6) is -1.35. The number of ether oxygens (including phenoxy) is 1. The molecule has 0 radical (unpaired) electrons. The predicted molar refractivity (Wildman–Crippen MR) is 35.8 cm³/mol. The molecular formula is C7H10O4. The molecule has 1 heterocycles. The number of hydrogen-bond donors (Lipinski definition) is 1. The molecule has 0 spiro atoms. The van der Waals surface area contributed by atoms with Gasteiger partial charge in [-0.2, -0.15) is 0 Å². The van der Waals surface area contributed by atoms with Crippen LogP contribution < -0.4 is 0 Å². The first-order valence-electron chi connectivity index (χ1n) is 3.48. The third-order valence-electron chi connectivity index (χ3n) is 1.84. The summed E-state index contributed by atoms with van der Waals surface area (Å²) < 4.78 is 4.54. The molecule has 1 N–H and O–H groups in total. The minimum atomic E-state index is -1.86. The maximum absolute atomic E-state index is 10.9. The van der Waals surface area contributed by atoms with Crippen molar-refractivity contribution < 1.29 is 19.4 Å². The van der Waals surface area contributed by atoms with Gasteiger partial charge in [0, 0.05) is 0 Å². The summed E-state index contributed by atoms with van der Waals surface area (Å²) in [5, 5.41) is 9.39. The van der Waals surface area contributed by atoms with Crippen LogP contribution in [0.1, 0.15) is 19.8 Å². The molecule has 4 nitrogen and oxygen atoms in total. The van der Waals surface area contributed by atoms with Crippen molar-refractivity contribution in [3.8, 4) is 0 Å². The normalized spacial score (nSPS) is 31.3. The zero-order valence-corrected chi connectivity index (χ0v) is 6.29. The lowest BCUT2D eigenvalue weighted by Gasteiger charge is -2.26. The molecule has 0 amide bonds. The predicted octanol–water partition coefficient (Wildman–Crippen LogP) is -0.357.